The summed E-state index contributed by atoms with van der Waals surface area (Å²) in [6.07, 6.45) is 5.38. The van der Waals surface area contributed by atoms with Crippen molar-refractivity contribution in [2.75, 3.05) is 25.4 Å². The summed E-state index contributed by atoms with van der Waals surface area (Å²) < 4.78 is 0. The quantitative estimate of drug-likeness (QED) is 0.876. The number of hydrogen-bond acceptors (Lipinski definition) is 6. The minimum Gasteiger partial charge on any atom is -0.382 e. The molecule has 0 spiro atoms. The number of carbonyl (C=O) groups is 1. The fraction of sp³-hybridized carbons (Fsp3) is 0.400. The molecule has 1 saturated heterocycles. The lowest BCUT2D eigenvalue weighted by molar-refractivity contribution is 0.0934. The number of nitrogen functional groups attached to an aromatic ring is 1. The van der Waals surface area contributed by atoms with Crippen LogP contribution in [-0.2, 0) is 0 Å². The number of rotatable bonds is 5. The molecule has 3 N–H and O–H groups in total. The van der Waals surface area contributed by atoms with Gasteiger partial charge < -0.3 is 11.1 Å². The molecule has 0 radical (unpaired) electrons. The first-order valence-corrected chi connectivity index (χ1v) is 8.26. The number of amides is 1. The molecule has 3 rings (SSSR count). The fourth-order valence-electron chi connectivity index (χ4n) is 2.74. The molecular formula is C15H19N5OS. The molecule has 1 amide bonds. The third-order valence-corrected chi connectivity index (χ3v) is 4.82. The topological polar surface area (TPSA) is 84.1 Å². The predicted octanol–water partition coefficient (Wildman–Crippen LogP) is 1.69. The van der Waals surface area contributed by atoms with E-state index in [4.69, 9.17) is 5.73 Å². The highest BCUT2D eigenvalue weighted by Crippen LogP contribution is 2.27. The Bertz CT molecular complexity index is 625. The standard InChI is InChI=1S/C15H19N5OS/c16-14-13(17-5-6-18-14)15(21)19-10-11(12-4-3-9-22-12)20-7-1-2-8-20/h3-6,9,11H,1-2,7-8,10H2,(H2,16,18)(H,19,21)/t11-/m1/s1. The van der Waals surface area contributed by atoms with Gasteiger partial charge in [-0.2, -0.15) is 0 Å². The van der Waals surface area contributed by atoms with Crippen LogP contribution >= 0.6 is 11.3 Å². The number of thiophene rings is 1. The minimum absolute atomic E-state index is 0.161. The molecule has 2 aromatic heterocycles. The Morgan fingerprint density at radius 3 is 2.82 bits per heavy atom. The first-order chi connectivity index (χ1) is 10.8. The SMILES string of the molecule is Nc1nccnc1C(=O)NC[C@H](c1cccs1)N1CCCC1. The molecule has 1 atom stereocenters. The Morgan fingerprint density at radius 1 is 1.36 bits per heavy atom. The van der Waals surface area contributed by atoms with Crippen molar-refractivity contribution in [2.24, 2.45) is 0 Å². The lowest BCUT2D eigenvalue weighted by atomic mass is 10.2. The minimum atomic E-state index is -0.272. The molecule has 0 aliphatic carbocycles. The van der Waals surface area contributed by atoms with Crippen molar-refractivity contribution in [1.29, 1.82) is 0 Å². The van der Waals surface area contributed by atoms with Crippen LogP contribution in [0.25, 0.3) is 0 Å². The second-order valence-corrected chi connectivity index (χ2v) is 6.25. The van der Waals surface area contributed by atoms with Gasteiger partial charge in [0, 0.05) is 23.8 Å². The van der Waals surface area contributed by atoms with Crippen LogP contribution in [-0.4, -0.2) is 40.4 Å². The zero-order valence-corrected chi connectivity index (χ0v) is 13.1. The first kappa shape index (κ1) is 14.9. The summed E-state index contributed by atoms with van der Waals surface area (Å²) in [6, 6.07) is 4.38. The van der Waals surface area contributed by atoms with E-state index >= 15 is 0 Å². The van der Waals surface area contributed by atoms with Crippen molar-refractivity contribution >= 4 is 23.1 Å². The third-order valence-electron chi connectivity index (χ3n) is 3.85. The number of nitrogens with two attached hydrogens (primary N) is 1. The van der Waals surface area contributed by atoms with Gasteiger partial charge in [0.15, 0.2) is 11.5 Å². The highest BCUT2D eigenvalue weighted by Gasteiger charge is 2.25. The van der Waals surface area contributed by atoms with Crippen LogP contribution in [0.5, 0.6) is 0 Å². The van der Waals surface area contributed by atoms with E-state index in [0.29, 0.717) is 6.54 Å². The molecule has 1 aliphatic rings. The summed E-state index contributed by atoms with van der Waals surface area (Å²) in [4.78, 5) is 23.8. The van der Waals surface area contributed by atoms with E-state index in [9.17, 15) is 4.79 Å². The van der Waals surface area contributed by atoms with Crippen molar-refractivity contribution in [2.45, 2.75) is 18.9 Å². The van der Waals surface area contributed by atoms with Crippen molar-refractivity contribution in [3.05, 3.63) is 40.5 Å². The predicted molar refractivity (Wildman–Crippen MR) is 86.6 cm³/mol. The van der Waals surface area contributed by atoms with Crippen molar-refractivity contribution in [3.8, 4) is 0 Å². The van der Waals surface area contributed by atoms with Gasteiger partial charge in [0.2, 0.25) is 0 Å². The molecule has 2 aromatic rings. The number of likely N-dealkylation sites (tertiary alicyclic amines) is 1. The maximum absolute atomic E-state index is 12.2. The van der Waals surface area contributed by atoms with Crippen LogP contribution in [0.3, 0.4) is 0 Å². The molecule has 1 fully saturated rings. The summed E-state index contributed by atoms with van der Waals surface area (Å²) in [7, 11) is 0. The Kier molecular flexibility index (Phi) is 4.65. The highest BCUT2D eigenvalue weighted by molar-refractivity contribution is 7.10. The van der Waals surface area contributed by atoms with Crippen molar-refractivity contribution in [1.82, 2.24) is 20.2 Å². The van der Waals surface area contributed by atoms with Gasteiger partial charge in [-0.1, -0.05) is 6.07 Å². The van der Waals surface area contributed by atoms with E-state index in [2.05, 4.69) is 31.6 Å². The molecular weight excluding hydrogens is 298 g/mol. The van der Waals surface area contributed by atoms with Gasteiger partial charge in [0.25, 0.3) is 5.91 Å². The van der Waals surface area contributed by atoms with E-state index in [1.165, 1.54) is 30.1 Å². The molecule has 0 unspecified atom stereocenters. The van der Waals surface area contributed by atoms with Gasteiger partial charge in [0.05, 0.1) is 6.04 Å². The Labute approximate surface area is 133 Å². The van der Waals surface area contributed by atoms with Gasteiger partial charge in [-0.3, -0.25) is 9.69 Å². The Morgan fingerprint density at radius 2 is 2.14 bits per heavy atom. The maximum Gasteiger partial charge on any atom is 0.273 e. The van der Waals surface area contributed by atoms with Crippen molar-refractivity contribution < 1.29 is 4.79 Å². The lowest BCUT2D eigenvalue weighted by Gasteiger charge is -2.26. The smallest absolute Gasteiger partial charge is 0.273 e. The lowest BCUT2D eigenvalue weighted by Crippen LogP contribution is -2.37. The van der Waals surface area contributed by atoms with E-state index < -0.39 is 0 Å². The molecule has 3 heterocycles. The number of aromatic nitrogens is 2. The maximum atomic E-state index is 12.2. The van der Waals surface area contributed by atoms with E-state index in [1.807, 2.05) is 6.07 Å². The normalized spacial score (nSPS) is 16.5. The molecule has 0 aromatic carbocycles. The van der Waals surface area contributed by atoms with E-state index in [-0.39, 0.29) is 23.5 Å². The number of hydrogen-bond donors (Lipinski definition) is 2. The van der Waals surface area contributed by atoms with Crippen LogP contribution in [0, 0.1) is 0 Å². The summed E-state index contributed by atoms with van der Waals surface area (Å²) in [5.74, 6) is -0.111. The molecule has 0 saturated carbocycles. The zero-order chi connectivity index (χ0) is 15.4. The fourth-order valence-corrected chi connectivity index (χ4v) is 3.60. The number of nitrogens with zero attached hydrogens (tertiary/aromatic N) is 3. The van der Waals surface area contributed by atoms with Gasteiger partial charge in [0.1, 0.15) is 0 Å². The van der Waals surface area contributed by atoms with Crippen LogP contribution in [0.4, 0.5) is 5.82 Å². The number of nitrogens with one attached hydrogen (secondary N) is 1. The summed E-state index contributed by atoms with van der Waals surface area (Å²) in [5.41, 5.74) is 5.89. The van der Waals surface area contributed by atoms with E-state index in [1.54, 1.807) is 11.3 Å². The molecule has 1 aliphatic heterocycles. The molecule has 22 heavy (non-hydrogen) atoms. The summed E-state index contributed by atoms with van der Waals surface area (Å²) >= 11 is 1.72. The Balaban J connectivity index is 1.69. The van der Waals surface area contributed by atoms with Gasteiger partial charge in [-0.15, -0.1) is 11.3 Å². The monoisotopic (exact) mass is 317 g/mol. The Hall–Kier alpha value is -1.99. The second-order valence-electron chi connectivity index (χ2n) is 5.27. The molecule has 116 valence electrons. The van der Waals surface area contributed by atoms with Gasteiger partial charge in [-0.05, 0) is 37.4 Å². The molecule has 6 nitrogen and oxygen atoms in total. The van der Waals surface area contributed by atoms with Crippen LogP contribution < -0.4 is 11.1 Å². The van der Waals surface area contributed by atoms with E-state index in [0.717, 1.165) is 13.1 Å². The summed E-state index contributed by atoms with van der Waals surface area (Å²) in [6.45, 7) is 2.70. The number of anilines is 1. The zero-order valence-electron chi connectivity index (χ0n) is 12.2. The molecule has 0 bridgehead atoms. The summed E-state index contributed by atoms with van der Waals surface area (Å²) in [5, 5.41) is 5.02. The number of carbonyl (C=O) groups excluding carboxylic acids is 1. The van der Waals surface area contributed by atoms with Crippen LogP contribution in [0.15, 0.2) is 29.9 Å². The average Bonchev–Trinajstić information content (AvgIpc) is 3.21. The second kappa shape index (κ2) is 6.85. The van der Waals surface area contributed by atoms with Gasteiger partial charge in [-0.25, -0.2) is 9.97 Å². The van der Waals surface area contributed by atoms with Crippen LogP contribution in [0.2, 0.25) is 0 Å². The average molecular weight is 317 g/mol. The third kappa shape index (κ3) is 3.26. The highest BCUT2D eigenvalue weighted by atomic mass is 32.1. The van der Waals surface area contributed by atoms with Gasteiger partial charge >= 0.3 is 0 Å². The molecule has 7 heteroatoms. The van der Waals surface area contributed by atoms with Crippen molar-refractivity contribution in [3.63, 3.8) is 0 Å². The van der Waals surface area contributed by atoms with Crippen LogP contribution in [0.1, 0.15) is 34.2 Å². The largest absolute Gasteiger partial charge is 0.382 e. The first-order valence-electron chi connectivity index (χ1n) is 7.38.